The zero-order valence-electron chi connectivity index (χ0n) is 16.6. The lowest BCUT2D eigenvalue weighted by Gasteiger charge is -2.46. The van der Waals surface area contributed by atoms with Crippen molar-refractivity contribution in [1.82, 2.24) is 0 Å². The van der Waals surface area contributed by atoms with Crippen LogP contribution in [0.2, 0.25) is 0 Å². The molecule has 0 radical (unpaired) electrons. The number of hydrogen-bond acceptors (Lipinski definition) is 5. The van der Waals surface area contributed by atoms with Crippen LogP contribution in [0.15, 0.2) is 36.4 Å². The third-order valence-corrected chi connectivity index (χ3v) is 5.87. The van der Waals surface area contributed by atoms with Gasteiger partial charge in [0.1, 0.15) is 11.5 Å². The molecule has 2 aromatic rings. The summed E-state index contributed by atoms with van der Waals surface area (Å²) in [6.07, 6.45) is 4.23. The Morgan fingerprint density at radius 1 is 0.963 bits per heavy atom. The molecule has 27 heavy (non-hydrogen) atoms. The minimum absolute atomic E-state index is 0.385. The molecular formula is C22H25NO4. The van der Waals surface area contributed by atoms with Gasteiger partial charge < -0.3 is 23.8 Å². The van der Waals surface area contributed by atoms with E-state index in [9.17, 15) is 0 Å². The van der Waals surface area contributed by atoms with Crippen molar-refractivity contribution >= 4 is 11.8 Å². The predicted octanol–water partition coefficient (Wildman–Crippen LogP) is 4.24. The van der Waals surface area contributed by atoms with E-state index >= 15 is 0 Å². The highest BCUT2D eigenvalue weighted by Gasteiger charge is 2.59. The van der Waals surface area contributed by atoms with Crippen LogP contribution in [0, 0.1) is 0 Å². The fraction of sp³-hybridized carbons (Fsp3) is 0.364. The summed E-state index contributed by atoms with van der Waals surface area (Å²) in [5, 5.41) is 0. The molecular weight excluding hydrogens is 342 g/mol. The van der Waals surface area contributed by atoms with Gasteiger partial charge in [-0.2, -0.15) is 0 Å². The van der Waals surface area contributed by atoms with Gasteiger partial charge in [0, 0.05) is 30.3 Å². The largest absolute Gasteiger partial charge is 0.497 e. The van der Waals surface area contributed by atoms with Gasteiger partial charge >= 0.3 is 0 Å². The van der Waals surface area contributed by atoms with Crippen molar-refractivity contribution in [3.63, 3.8) is 0 Å². The Morgan fingerprint density at radius 2 is 1.70 bits per heavy atom. The number of nitrogens with zero attached hydrogens (tertiary/aromatic N) is 1. The lowest BCUT2D eigenvalue weighted by Crippen LogP contribution is -2.58. The van der Waals surface area contributed by atoms with Crippen molar-refractivity contribution in [2.45, 2.75) is 25.0 Å². The molecule has 0 amide bonds. The molecule has 2 aliphatic rings. The molecule has 0 saturated heterocycles. The minimum atomic E-state index is -0.712. The van der Waals surface area contributed by atoms with Crippen molar-refractivity contribution in [3.05, 3.63) is 47.5 Å². The normalized spacial score (nSPS) is 21.5. The Hall–Kier alpha value is -2.82. The Kier molecular flexibility index (Phi) is 3.81. The number of fused-ring (bicyclic) bond motifs is 2. The maximum Gasteiger partial charge on any atom is 0.212 e. The average Bonchev–Trinajstić information content (AvgIpc) is 2.85. The first-order valence-corrected chi connectivity index (χ1v) is 8.95. The molecule has 2 heterocycles. The van der Waals surface area contributed by atoms with Crippen LogP contribution in [-0.2, 0) is 5.41 Å². The van der Waals surface area contributed by atoms with Crippen molar-refractivity contribution in [3.8, 4) is 23.0 Å². The summed E-state index contributed by atoms with van der Waals surface area (Å²) < 4.78 is 23.5. The van der Waals surface area contributed by atoms with Crippen LogP contribution in [0.4, 0.5) is 5.69 Å². The summed E-state index contributed by atoms with van der Waals surface area (Å²) in [6.45, 7) is 4.35. The van der Waals surface area contributed by atoms with Gasteiger partial charge in [0.2, 0.25) is 5.72 Å². The zero-order valence-corrected chi connectivity index (χ0v) is 16.6. The van der Waals surface area contributed by atoms with Crippen molar-refractivity contribution < 1.29 is 18.9 Å². The molecule has 0 aromatic heterocycles. The Bertz CT molecular complexity index is 934. The van der Waals surface area contributed by atoms with Crippen LogP contribution in [0.5, 0.6) is 23.0 Å². The standard InChI is InChI=1S/C22H25NO4/c1-21(2)19-16(12-15(24-4)13-18(19)26-6)23(3)22(21)11-10-14-8-7-9-17(25-5)20(14)27-22/h7-13H,1-6H3. The topological polar surface area (TPSA) is 40.2 Å². The monoisotopic (exact) mass is 367 g/mol. The minimum Gasteiger partial charge on any atom is -0.497 e. The van der Waals surface area contributed by atoms with E-state index in [1.54, 1.807) is 21.3 Å². The van der Waals surface area contributed by atoms with Gasteiger partial charge in [-0.15, -0.1) is 0 Å². The third kappa shape index (κ3) is 2.17. The quantitative estimate of drug-likeness (QED) is 0.811. The summed E-state index contributed by atoms with van der Waals surface area (Å²) in [7, 11) is 7.05. The Morgan fingerprint density at radius 3 is 2.37 bits per heavy atom. The first kappa shape index (κ1) is 17.6. The first-order valence-electron chi connectivity index (χ1n) is 8.95. The molecule has 1 spiro atoms. The maximum atomic E-state index is 6.70. The number of hydrogen-bond donors (Lipinski definition) is 0. The molecule has 0 fully saturated rings. The van der Waals surface area contributed by atoms with E-state index in [0.717, 1.165) is 39.8 Å². The Balaban J connectivity index is 1.93. The molecule has 0 N–H and O–H groups in total. The van der Waals surface area contributed by atoms with E-state index in [1.807, 2.05) is 37.4 Å². The van der Waals surface area contributed by atoms with Crippen LogP contribution in [-0.4, -0.2) is 34.1 Å². The highest BCUT2D eigenvalue weighted by Crippen LogP contribution is 2.58. The van der Waals surface area contributed by atoms with Crippen molar-refractivity contribution in [2.24, 2.45) is 0 Å². The van der Waals surface area contributed by atoms with Gasteiger partial charge in [-0.25, -0.2) is 0 Å². The van der Waals surface area contributed by atoms with Crippen LogP contribution in [0.1, 0.15) is 25.0 Å². The van der Waals surface area contributed by atoms with E-state index in [2.05, 4.69) is 30.9 Å². The van der Waals surface area contributed by atoms with E-state index in [4.69, 9.17) is 18.9 Å². The summed E-state index contributed by atoms with van der Waals surface area (Å²) in [4.78, 5) is 2.15. The SMILES string of the molecule is COc1cc(OC)c2c(c1)N(C)C1(C=Cc3cccc(OC)c3O1)C2(C)C. The summed E-state index contributed by atoms with van der Waals surface area (Å²) in [5.74, 6) is 3.02. The first-order chi connectivity index (χ1) is 12.9. The third-order valence-electron chi connectivity index (χ3n) is 5.87. The van der Waals surface area contributed by atoms with E-state index < -0.39 is 5.72 Å². The van der Waals surface area contributed by atoms with E-state index in [-0.39, 0.29) is 5.41 Å². The summed E-state index contributed by atoms with van der Waals surface area (Å²) >= 11 is 0. The number of benzene rings is 2. The molecule has 5 nitrogen and oxygen atoms in total. The lowest BCUT2D eigenvalue weighted by molar-refractivity contribution is 0.0544. The molecule has 0 saturated carbocycles. The van der Waals surface area contributed by atoms with Gasteiger partial charge in [-0.3, -0.25) is 0 Å². The second kappa shape index (κ2) is 5.84. The number of likely N-dealkylation sites (N-methyl/N-ethyl adjacent to an activating group) is 1. The van der Waals surface area contributed by atoms with Crippen LogP contribution in [0.25, 0.3) is 6.08 Å². The second-order valence-corrected chi connectivity index (χ2v) is 7.42. The molecule has 142 valence electrons. The lowest BCUT2D eigenvalue weighted by atomic mass is 9.76. The average molecular weight is 367 g/mol. The zero-order chi connectivity index (χ0) is 19.4. The highest BCUT2D eigenvalue weighted by atomic mass is 16.5. The second-order valence-electron chi connectivity index (χ2n) is 7.42. The number of para-hydroxylation sites is 1. The number of anilines is 1. The van der Waals surface area contributed by atoms with Gasteiger partial charge in [-0.1, -0.05) is 12.1 Å². The molecule has 5 heteroatoms. The number of ether oxygens (including phenoxy) is 4. The molecule has 2 aromatic carbocycles. The fourth-order valence-electron chi connectivity index (χ4n) is 4.37. The molecule has 4 rings (SSSR count). The molecule has 0 bridgehead atoms. The molecule has 2 aliphatic heterocycles. The Labute approximate surface area is 160 Å². The smallest absolute Gasteiger partial charge is 0.212 e. The number of rotatable bonds is 3. The van der Waals surface area contributed by atoms with Gasteiger partial charge in [0.05, 0.1) is 32.4 Å². The highest BCUT2D eigenvalue weighted by molar-refractivity contribution is 5.77. The fourth-order valence-corrected chi connectivity index (χ4v) is 4.37. The number of methoxy groups -OCH3 is 3. The van der Waals surface area contributed by atoms with Crippen LogP contribution < -0.4 is 23.8 Å². The molecule has 1 atom stereocenters. The van der Waals surface area contributed by atoms with Crippen molar-refractivity contribution in [1.29, 1.82) is 0 Å². The van der Waals surface area contributed by atoms with Gasteiger partial charge in [-0.05, 0) is 32.1 Å². The van der Waals surface area contributed by atoms with Gasteiger partial charge in [0.25, 0.3) is 0 Å². The van der Waals surface area contributed by atoms with E-state index in [0.29, 0.717) is 0 Å². The van der Waals surface area contributed by atoms with E-state index in [1.165, 1.54) is 0 Å². The summed E-state index contributed by atoms with van der Waals surface area (Å²) in [6, 6.07) is 9.87. The van der Waals surface area contributed by atoms with Gasteiger partial charge in [0.15, 0.2) is 11.5 Å². The van der Waals surface area contributed by atoms with Crippen LogP contribution in [0.3, 0.4) is 0 Å². The summed E-state index contributed by atoms with van der Waals surface area (Å²) in [5.41, 5.74) is 2.03. The predicted molar refractivity (Wildman–Crippen MR) is 106 cm³/mol. The molecule has 0 aliphatic carbocycles. The maximum absolute atomic E-state index is 6.70. The molecule has 1 unspecified atom stereocenters. The van der Waals surface area contributed by atoms with Crippen molar-refractivity contribution in [2.75, 3.05) is 33.3 Å². The van der Waals surface area contributed by atoms with Crippen LogP contribution >= 0.6 is 0 Å².